The summed E-state index contributed by atoms with van der Waals surface area (Å²) >= 11 is 0. The molecule has 0 aliphatic heterocycles. The van der Waals surface area contributed by atoms with Gasteiger partial charge in [0.15, 0.2) is 0 Å². The Bertz CT molecular complexity index is 693. The average molecular weight is 294 g/mol. The number of nitrogens with one attached hydrogen (secondary N) is 2. The quantitative estimate of drug-likeness (QED) is 0.876. The van der Waals surface area contributed by atoms with Crippen molar-refractivity contribution in [2.45, 2.75) is 6.54 Å². The minimum absolute atomic E-state index is 0.211. The molecule has 0 aliphatic carbocycles. The van der Waals surface area contributed by atoms with Gasteiger partial charge in [-0.3, -0.25) is 9.52 Å². The van der Waals surface area contributed by atoms with E-state index in [4.69, 9.17) is 4.42 Å². The summed E-state index contributed by atoms with van der Waals surface area (Å²) in [6.45, 7) is 0.211. The fourth-order valence-electron chi connectivity index (χ4n) is 1.64. The maximum absolute atomic E-state index is 11.8. The molecule has 1 heterocycles. The molecule has 20 heavy (non-hydrogen) atoms. The summed E-state index contributed by atoms with van der Waals surface area (Å²) in [5.41, 5.74) is 1.54. The van der Waals surface area contributed by atoms with E-state index >= 15 is 0 Å². The molecule has 1 amide bonds. The molecule has 7 heteroatoms. The number of rotatable bonds is 5. The Morgan fingerprint density at radius 3 is 2.65 bits per heavy atom. The highest BCUT2D eigenvalue weighted by Gasteiger charge is 2.10. The molecule has 2 rings (SSSR count). The van der Waals surface area contributed by atoms with Crippen molar-refractivity contribution < 1.29 is 17.6 Å². The second kappa shape index (κ2) is 5.79. The highest BCUT2D eigenvalue weighted by atomic mass is 32.2. The van der Waals surface area contributed by atoms with Crippen molar-refractivity contribution in [3.8, 4) is 0 Å². The van der Waals surface area contributed by atoms with Crippen molar-refractivity contribution >= 4 is 21.6 Å². The van der Waals surface area contributed by atoms with Gasteiger partial charge in [-0.25, -0.2) is 8.42 Å². The Labute approximate surface area is 116 Å². The van der Waals surface area contributed by atoms with E-state index < -0.39 is 10.0 Å². The van der Waals surface area contributed by atoms with Crippen LogP contribution in [0.3, 0.4) is 0 Å². The van der Waals surface area contributed by atoms with E-state index in [1.165, 1.54) is 12.5 Å². The topological polar surface area (TPSA) is 88.4 Å². The molecule has 0 bridgehead atoms. The number of amides is 1. The molecule has 6 nitrogen and oxygen atoms in total. The summed E-state index contributed by atoms with van der Waals surface area (Å²) in [7, 11) is -3.36. The molecule has 1 aromatic carbocycles. The molecule has 0 saturated heterocycles. The van der Waals surface area contributed by atoms with Gasteiger partial charge < -0.3 is 9.73 Å². The smallest absolute Gasteiger partial charge is 0.254 e. The Morgan fingerprint density at radius 1 is 1.25 bits per heavy atom. The van der Waals surface area contributed by atoms with Gasteiger partial charge in [0.05, 0.1) is 23.8 Å². The minimum atomic E-state index is -3.36. The van der Waals surface area contributed by atoms with Crippen molar-refractivity contribution in [2.75, 3.05) is 11.0 Å². The largest absolute Gasteiger partial charge is 0.472 e. The molecule has 106 valence electrons. The average Bonchev–Trinajstić information content (AvgIpc) is 2.89. The van der Waals surface area contributed by atoms with Crippen LogP contribution in [0.2, 0.25) is 0 Å². The standard InChI is InChI=1S/C13H14N2O4S/c1-20(17,18)15-12-5-3-2-4-10(12)8-14-13(16)11-6-7-19-9-11/h2-7,9,15H,8H2,1H3,(H,14,16). The molecule has 0 aliphatic rings. The third-order valence-corrected chi connectivity index (χ3v) is 3.13. The highest BCUT2D eigenvalue weighted by Crippen LogP contribution is 2.16. The number of benzene rings is 1. The first-order chi connectivity index (χ1) is 9.46. The van der Waals surface area contributed by atoms with Gasteiger partial charge in [-0.1, -0.05) is 18.2 Å². The number of carbonyl (C=O) groups is 1. The molecule has 0 atom stereocenters. The minimum Gasteiger partial charge on any atom is -0.472 e. The van der Waals surface area contributed by atoms with Crippen molar-refractivity contribution in [2.24, 2.45) is 0 Å². The maximum atomic E-state index is 11.8. The zero-order valence-corrected chi connectivity index (χ0v) is 11.6. The van der Waals surface area contributed by atoms with Crippen LogP contribution in [0.15, 0.2) is 47.3 Å². The highest BCUT2D eigenvalue weighted by molar-refractivity contribution is 7.92. The fourth-order valence-corrected chi connectivity index (χ4v) is 2.24. The van der Waals surface area contributed by atoms with E-state index in [0.717, 1.165) is 6.26 Å². The van der Waals surface area contributed by atoms with Crippen LogP contribution < -0.4 is 10.0 Å². The summed E-state index contributed by atoms with van der Waals surface area (Å²) in [4.78, 5) is 11.8. The van der Waals surface area contributed by atoms with Gasteiger partial charge in [-0.2, -0.15) is 0 Å². The van der Waals surface area contributed by atoms with E-state index in [0.29, 0.717) is 16.8 Å². The van der Waals surface area contributed by atoms with E-state index in [1.54, 1.807) is 30.3 Å². The van der Waals surface area contributed by atoms with Gasteiger partial charge in [0, 0.05) is 6.54 Å². The van der Waals surface area contributed by atoms with E-state index in [2.05, 4.69) is 10.0 Å². The second-order valence-corrected chi connectivity index (χ2v) is 5.97. The summed E-state index contributed by atoms with van der Waals surface area (Å²) in [5.74, 6) is -0.284. The van der Waals surface area contributed by atoms with Gasteiger partial charge in [0.1, 0.15) is 6.26 Å². The summed E-state index contributed by atoms with van der Waals surface area (Å²) in [6, 6.07) is 8.42. The van der Waals surface area contributed by atoms with Crippen LogP contribution in [-0.4, -0.2) is 20.6 Å². The zero-order chi connectivity index (χ0) is 14.6. The van der Waals surface area contributed by atoms with Gasteiger partial charge in [-0.05, 0) is 17.7 Å². The number of carbonyl (C=O) groups excluding carboxylic acids is 1. The lowest BCUT2D eigenvalue weighted by Crippen LogP contribution is -2.23. The molecule has 0 spiro atoms. The lowest BCUT2D eigenvalue weighted by Gasteiger charge is -2.11. The molecular weight excluding hydrogens is 280 g/mol. The molecule has 2 aromatic rings. The third kappa shape index (κ3) is 3.86. The SMILES string of the molecule is CS(=O)(=O)Nc1ccccc1CNC(=O)c1ccoc1. The number of sulfonamides is 1. The van der Waals surface area contributed by atoms with Crippen LogP contribution in [0, 0.1) is 0 Å². The normalized spacial score (nSPS) is 11.1. The third-order valence-electron chi connectivity index (χ3n) is 2.54. The van der Waals surface area contributed by atoms with E-state index in [1.807, 2.05) is 0 Å². The van der Waals surface area contributed by atoms with Crippen LogP contribution in [0.1, 0.15) is 15.9 Å². The monoisotopic (exact) mass is 294 g/mol. The number of hydrogen-bond donors (Lipinski definition) is 2. The number of para-hydroxylation sites is 1. The molecule has 0 unspecified atom stereocenters. The van der Waals surface area contributed by atoms with Crippen LogP contribution in [0.4, 0.5) is 5.69 Å². The summed E-state index contributed by atoms with van der Waals surface area (Å²) in [6.07, 6.45) is 3.83. The molecule has 0 fully saturated rings. The van der Waals surface area contributed by atoms with Crippen LogP contribution in [-0.2, 0) is 16.6 Å². The molecule has 0 saturated carbocycles. The second-order valence-electron chi connectivity index (χ2n) is 4.23. The predicted octanol–water partition coefficient (Wildman–Crippen LogP) is 1.58. The Kier molecular flexibility index (Phi) is 4.09. The first-order valence-electron chi connectivity index (χ1n) is 5.82. The molecule has 1 aromatic heterocycles. The lowest BCUT2D eigenvalue weighted by molar-refractivity contribution is 0.0950. The van der Waals surface area contributed by atoms with Crippen LogP contribution >= 0.6 is 0 Å². The van der Waals surface area contributed by atoms with Gasteiger partial charge >= 0.3 is 0 Å². The van der Waals surface area contributed by atoms with Crippen LogP contribution in [0.25, 0.3) is 0 Å². The van der Waals surface area contributed by atoms with Crippen molar-refractivity contribution in [3.63, 3.8) is 0 Å². The number of anilines is 1. The first-order valence-corrected chi connectivity index (χ1v) is 7.71. The van der Waals surface area contributed by atoms with Crippen molar-refractivity contribution in [1.29, 1.82) is 0 Å². The Balaban J connectivity index is 2.08. The van der Waals surface area contributed by atoms with E-state index in [9.17, 15) is 13.2 Å². The Hall–Kier alpha value is -2.28. The number of hydrogen-bond acceptors (Lipinski definition) is 4. The maximum Gasteiger partial charge on any atom is 0.254 e. The predicted molar refractivity (Wildman–Crippen MR) is 74.8 cm³/mol. The number of furan rings is 1. The van der Waals surface area contributed by atoms with E-state index in [-0.39, 0.29) is 12.5 Å². The van der Waals surface area contributed by atoms with Gasteiger partial charge in [-0.15, -0.1) is 0 Å². The molecule has 2 N–H and O–H groups in total. The molecular formula is C13H14N2O4S. The zero-order valence-electron chi connectivity index (χ0n) is 10.8. The van der Waals surface area contributed by atoms with Gasteiger partial charge in [0.2, 0.25) is 10.0 Å². The lowest BCUT2D eigenvalue weighted by atomic mass is 10.2. The van der Waals surface area contributed by atoms with Crippen LogP contribution in [0.5, 0.6) is 0 Å². The molecule has 0 radical (unpaired) electrons. The van der Waals surface area contributed by atoms with Crippen molar-refractivity contribution in [3.05, 3.63) is 54.0 Å². The summed E-state index contributed by atoms with van der Waals surface area (Å²) < 4.78 is 29.8. The first kappa shape index (κ1) is 14.1. The fraction of sp³-hybridized carbons (Fsp3) is 0.154. The van der Waals surface area contributed by atoms with Gasteiger partial charge in [0.25, 0.3) is 5.91 Å². The Morgan fingerprint density at radius 2 is 2.00 bits per heavy atom. The van der Waals surface area contributed by atoms with Crippen molar-refractivity contribution in [1.82, 2.24) is 5.32 Å². The summed E-state index contributed by atoms with van der Waals surface area (Å²) in [5, 5.41) is 2.69.